The van der Waals surface area contributed by atoms with Gasteiger partial charge in [0.2, 0.25) is 0 Å². The summed E-state index contributed by atoms with van der Waals surface area (Å²) in [5, 5.41) is 5.43. The van der Waals surface area contributed by atoms with Crippen LogP contribution in [0.25, 0.3) is 11.0 Å². The summed E-state index contributed by atoms with van der Waals surface area (Å²) in [6.45, 7) is 2.66. The summed E-state index contributed by atoms with van der Waals surface area (Å²) in [5.41, 5.74) is 2.15. The number of fused-ring (bicyclic) bond motifs is 3. The van der Waals surface area contributed by atoms with Crippen LogP contribution in [-0.4, -0.2) is 50.1 Å². The second kappa shape index (κ2) is 6.81. The van der Waals surface area contributed by atoms with Gasteiger partial charge in [0.05, 0.1) is 5.39 Å². The molecule has 4 heterocycles. The van der Waals surface area contributed by atoms with Crippen LogP contribution in [0.5, 0.6) is 0 Å². The molecule has 6 nitrogen and oxygen atoms in total. The predicted molar refractivity (Wildman–Crippen MR) is 111 cm³/mol. The lowest BCUT2D eigenvalue weighted by Gasteiger charge is -2.43. The van der Waals surface area contributed by atoms with Gasteiger partial charge in [-0.05, 0) is 36.7 Å². The summed E-state index contributed by atoms with van der Waals surface area (Å²) < 4.78 is 0. The number of benzene rings is 1. The summed E-state index contributed by atoms with van der Waals surface area (Å²) in [6.07, 6.45) is 5.93. The molecular formula is C20H22N6S. The molecule has 2 aromatic heterocycles. The number of H-pyrrole nitrogens is 1. The first kappa shape index (κ1) is 16.5. The van der Waals surface area contributed by atoms with E-state index >= 15 is 0 Å². The van der Waals surface area contributed by atoms with Gasteiger partial charge in [0.15, 0.2) is 5.11 Å². The van der Waals surface area contributed by atoms with Gasteiger partial charge < -0.3 is 20.1 Å². The van der Waals surface area contributed by atoms with Crippen molar-refractivity contribution < 1.29 is 0 Å². The predicted octanol–water partition coefficient (Wildman–Crippen LogP) is 2.69. The number of nitrogens with zero attached hydrogens (tertiary/aromatic N) is 4. The zero-order valence-electron chi connectivity index (χ0n) is 15.0. The molecule has 2 aliphatic heterocycles. The molecular weight excluding hydrogens is 356 g/mol. The molecule has 0 aliphatic carbocycles. The average molecular weight is 379 g/mol. The van der Waals surface area contributed by atoms with Crippen LogP contribution in [0.4, 0.5) is 5.82 Å². The zero-order valence-corrected chi connectivity index (χ0v) is 15.8. The van der Waals surface area contributed by atoms with Crippen LogP contribution in [0.1, 0.15) is 18.4 Å². The van der Waals surface area contributed by atoms with E-state index in [4.69, 9.17) is 12.2 Å². The molecule has 2 N–H and O–H groups in total. The van der Waals surface area contributed by atoms with E-state index in [0.717, 1.165) is 41.6 Å². The second-order valence-corrected chi connectivity index (χ2v) is 7.67. The quantitative estimate of drug-likeness (QED) is 0.684. The van der Waals surface area contributed by atoms with Gasteiger partial charge in [0.25, 0.3) is 0 Å². The van der Waals surface area contributed by atoms with E-state index in [1.54, 1.807) is 6.33 Å². The van der Waals surface area contributed by atoms with E-state index in [2.05, 4.69) is 60.4 Å². The van der Waals surface area contributed by atoms with Crippen molar-refractivity contribution in [3.63, 3.8) is 0 Å². The lowest BCUT2D eigenvalue weighted by molar-refractivity contribution is 0.272. The Hall–Kier alpha value is -2.67. The molecule has 3 aromatic rings. The van der Waals surface area contributed by atoms with Crippen molar-refractivity contribution in [3.8, 4) is 0 Å². The average Bonchev–Trinajstić information content (AvgIpc) is 3.29. The van der Waals surface area contributed by atoms with E-state index in [-0.39, 0.29) is 0 Å². The number of anilines is 1. The third kappa shape index (κ3) is 3.02. The lowest BCUT2D eigenvalue weighted by Crippen LogP contribution is -2.58. The van der Waals surface area contributed by atoms with Crippen molar-refractivity contribution in [1.29, 1.82) is 0 Å². The molecule has 0 radical (unpaired) electrons. The summed E-state index contributed by atoms with van der Waals surface area (Å²) in [6, 6.07) is 13.3. The minimum atomic E-state index is 0.434. The fourth-order valence-corrected chi connectivity index (χ4v) is 4.75. The molecule has 2 atom stereocenters. The molecule has 0 spiro atoms. The molecule has 2 bridgehead atoms. The lowest BCUT2D eigenvalue weighted by atomic mass is 10.2. The Kier molecular flexibility index (Phi) is 4.16. The fraction of sp³-hybridized carbons (Fsp3) is 0.350. The van der Waals surface area contributed by atoms with Crippen LogP contribution in [0.3, 0.4) is 0 Å². The summed E-state index contributed by atoms with van der Waals surface area (Å²) in [5.74, 6) is 1.03. The number of nitrogens with one attached hydrogen (secondary N) is 2. The van der Waals surface area contributed by atoms with Gasteiger partial charge in [-0.15, -0.1) is 0 Å². The third-order valence-electron chi connectivity index (χ3n) is 5.64. The summed E-state index contributed by atoms with van der Waals surface area (Å²) in [7, 11) is 0. The van der Waals surface area contributed by atoms with Crippen LogP contribution in [0, 0.1) is 0 Å². The Morgan fingerprint density at radius 1 is 1.11 bits per heavy atom. The van der Waals surface area contributed by atoms with Gasteiger partial charge in [-0.25, -0.2) is 9.97 Å². The Balaban J connectivity index is 1.30. The van der Waals surface area contributed by atoms with Crippen molar-refractivity contribution in [1.82, 2.24) is 25.2 Å². The first-order valence-corrected chi connectivity index (χ1v) is 9.83. The minimum Gasteiger partial charge on any atom is -0.358 e. The third-order valence-corrected chi connectivity index (χ3v) is 5.99. The van der Waals surface area contributed by atoms with Crippen molar-refractivity contribution in [2.45, 2.75) is 31.5 Å². The van der Waals surface area contributed by atoms with E-state index in [0.29, 0.717) is 12.1 Å². The maximum absolute atomic E-state index is 5.75. The number of aromatic nitrogens is 3. The fourth-order valence-electron chi connectivity index (χ4n) is 4.38. The monoisotopic (exact) mass is 378 g/mol. The van der Waals surface area contributed by atoms with Crippen molar-refractivity contribution in [3.05, 3.63) is 54.5 Å². The highest BCUT2D eigenvalue weighted by Crippen LogP contribution is 2.34. The molecule has 2 fully saturated rings. The first-order valence-electron chi connectivity index (χ1n) is 9.43. The minimum absolute atomic E-state index is 0.434. The smallest absolute Gasteiger partial charge is 0.169 e. The Labute approximate surface area is 163 Å². The maximum Gasteiger partial charge on any atom is 0.169 e. The Morgan fingerprint density at radius 2 is 1.89 bits per heavy atom. The molecule has 2 unspecified atom stereocenters. The second-order valence-electron chi connectivity index (χ2n) is 7.28. The van der Waals surface area contributed by atoms with Gasteiger partial charge in [0, 0.05) is 37.9 Å². The van der Waals surface area contributed by atoms with Crippen LogP contribution in [0.2, 0.25) is 0 Å². The molecule has 27 heavy (non-hydrogen) atoms. The molecule has 1 aromatic carbocycles. The Morgan fingerprint density at radius 3 is 2.67 bits per heavy atom. The molecule has 7 heteroatoms. The SMILES string of the molecule is S=C(NCc1ccccc1)N1C2CCC1CN(c1ncnc3[nH]ccc13)C2. The van der Waals surface area contributed by atoms with Crippen LogP contribution in [0.15, 0.2) is 48.9 Å². The number of aromatic amines is 1. The summed E-state index contributed by atoms with van der Waals surface area (Å²) in [4.78, 5) is 16.9. The largest absolute Gasteiger partial charge is 0.358 e. The molecule has 5 rings (SSSR count). The van der Waals surface area contributed by atoms with Gasteiger partial charge in [-0.3, -0.25) is 0 Å². The van der Waals surface area contributed by atoms with Gasteiger partial charge in [0.1, 0.15) is 17.8 Å². The van der Waals surface area contributed by atoms with Gasteiger partial charge >= 0.3 is 0 Å². The number of rotatable bonds is 3. The van der Waals surface area contributed by atoms with E-state index in [1.807, 2.05) is 12.3 Å². The van der Waals surface area contributed by atoms with Crippen LogP contribution < -0.4 is 10.2 Å². The van der Waals surface area contributed by atoms with Crippen molar-refractivity contribution in [2.75, 3.05) is 18.0 Å². The van der Waals surface area contributed by atoms with Crippen LogP contribution >= 0.6 is 12.2 Å². The normalized spacial score (nSPS) is 21.6. The molecule has 2 aliphatic rings. The highest BCUT2D eigenvalue weighted by Gasteiger charge is 2.41. The topological polar surface area (TPSA) is 60.1 Å². The zero-order chi connectivity index (χ0) is 18.2. The van der Waals surface area contributed by atoms with E-state index in [1.165, 1.54) is 18.4 Å². The van der Waals surface area contributed by atoms with Gasteiger partial charge in [-0.1, -0.05) is 30.3 Å². The number of thiocarbonyl (C=S) groups is 1. The van der Waals surface area contributed by atoms with Crippen molar-refractivity contribution >= 4 is 34.2 Å². The molecule has 0 amide bonds. The maximum atomic E-state index is 5.75. The molecule has 0 saturated carbocycles. The number of hydrogen-bond acceptors (Lipinski definition) is 4. The first-order chi connectivity index (χ1) is 13.3. The number of hydrogen-bond donors (Lipinski definition) is 2. The highest BCUT2D eigenvalue weighted by atomic mass is 32.1. The standard InChI is InChI=1S/C20H22N6S/c27-20(22-10-14-4-2-1-3-5-14)26-15-6-7-16(26)12-25(11-15)19-17-8-9-21-18(17)23-13-24-19/h1-5,8-9,13,15-16H,6-7,10-12H2,(H,22,27)(H,21,23,24). The summed E-state index contributed by atoms with van der Waals surface area (Å²) >= 11 is 5.75. The highest BCUT2D eigenvalue weighted by molar-refractivity contribution is 7.80. The van der Waals surface area contributed by atoms with Crippen LogP contribution in [-0.2, 0) is 6.54 Å². The van der Waals surface area contributed by atoms with E-state index < -0.39 is 0 Å². The van der Waals surface area contributed by atoms with E-state index in [9.17, 15) is 0 Å². The Bertz CT molecular complexity index is 941. The van der Waals surface area contributed by atoms with Gasteiger partial charge in [-0.2, -0.15) is 0 Å². The number of piperazine rings is 1. The molecule has 138 valence electrons. The molecule has 2 saturated heterocycles. The van der Waals surface area contributed by atoms with Crippen molar-refractivity contribution in [2.24, 2.45) is 0 Å².